The molecule has 2 aromatic rings. The minimum atomic E-state index is -0.386. The molecule has 0 aromatic carbocycles. The maximum Gasteiger partial charge on any atom is 0.254 e. The third-order valence-corrected chi connectivity index (χ3v) is 3.68. The highest BCUT2D eigenvalue weighted by molar-refractivity contribution is 5.93. The average molecular weight is 303 g/mol. The summed E-state index contributed by atoms with van der Waals surface area (Å²) in [7, 11) is 0. The molecule has 116 valence electrons. The number of carbonyl (C=O) groups is 2. The third kappa shape index (κ3) is 2.45. The van der Waals surface area contributed by atoms with Crippen LogP contribution in [0.2, 0.25) is 0 Å². The SMILES string of the molecule is CCn1cc(C(=O)NCc2nnn3c2CNC(=O)C3C)cn1. The predicted molar refractivity (Wildman–Crippen MR) is 75.7 cm³/mol. The lowest BCUT2D eigenvalue weighted by atomic mass is 10.2. The van der Waals surface area contributed by atoms with Crippen LogP contribution in [0.1, 0.15) is 41.6 Å². The zero-order valence-electron chi connectivity index (χ0n) is 12.4. The molecule has 2 amide bonds. The maximum atomic E-state index is 12.1. The van der Waals surface area contributed by atoms with E-state index in [1.165, 1.54) is 6.20 Å². The molecule has 1 aliphatic rings. The van der Waals surface area contributed by atoms with Crippen molar-refractivity contribution >= 4 is 11.8 Å². The molecule has 9 nitrogen and oxygen atoms in total. The fraction of sp³-hybridized carbons (Fsp3) is 0.462. The smallest absolute Gasteiger partial charge is 0.254 e. The number of carbonyl (C=O) groups excluding carboxylic acids is 2. The van der Waals surface area contributed by atoms with E-state index >= 15 is 0 Å². The number of rotatable bonds is 4. The normalized spacial score (nSPS) is 17.0. The highest BCUT2D eigenvalue weighted by Crippen LogP contribution is 2.16. The first-order chi connectivity index (χ1) is 10.6. The van der Waals surface area contributed by atoms with Crippen molar-refractivity contribution in [1.29, 1.82) is 0 Å². The van der Waals surface area contributed by atoms with Gasteiger partial charge in [-0.2, -0.15) is 5.10 Å². The second kappa shape index (κ2) is 5.58. The van der Waals surface area contributed by atoms with Crippen LogP contribution < -0.4 is 10.6 Å². The van der Waals surface area contributed by atoms with E-state index in [9.17, 15) is 9.59 Å². The number of fused-ring (bicyclic) bond motifs is 1. The van der Waals surface area contributed by atoms with Gasteiger partial charge in [-0.1, -0.05) is 5.21 Å². The first-order valence-electron chi connectivity index (χ1n) is 7.11. The van der Waals surface area contributed by atoms with Crippen molar-refractivity contribution in [2.75, 3.05) is 0 Å². The van der Waals surface area contributed by atoms with Crippen molar-refractivity contribution in [3.05, 3.63) is 29.3 Å². The van der Waals surface area contributed by atoms with E-state index in [2.05, 4.69) is 26.0 Å². The van der Waals surface area contributed by atoms with Crippen LogP contribution in [0, 0.1) is 0 Å². The van der Waals surface area contributed by atoms with Crippen LogP contribution in [0.25, 0.3) is 0 Å². The number of aromatic nitrogens is 5. The topological polar surface area (TPSA) is 107 Å². The molecule has 1 aliphatic heterocycles. The number of hydrogen-bond donors (Lipinski definition) is 2. The van der Waals surface area contributed by atoms with E-state index in [1.54, 1.807) is 22.5 Å². The van der Waals surface area contributed by atoms with Crippen molar-refractivity contribution in [3.8, 4) is 0 Å². The van der Waals surface area contributed by atoms with E-state index in [0.29, 0.717) is 24.3 Å². The predicted octanol–water partition coefficient (Wildman–Crippen LogP) is -0.385. The van der Waals surface area contributed by atoms with E-state index in [0.717, 1.165) is 5.69 Å². The van der Waals surface area contributed by atoms with Crippen LogP contribution in [0.15, 0.2) is 12.4 Å². The van der Waals surface area contributed by atoms with Gasteiger partial charge in [-0.25, -0.2) is 4.68 Å². The molecule has 0 saturated carbocycles. The van der Waals surface area contributed by atoms with Crippen molar-refractivity contribution in [2.45, 2.75) is 39.5 Å². The van der Waals surface area contributed by atoms with Gasteiger partial charge in [-0.05, 0) is 13.8 Å². The Bertz CT molecular complexity index is 718. The molecule has 2 N–H and O–H groups in total. The Labute approximate surface area is 126 Å². The van der Waals surface area contributed by atoms with E-state index in [1.807, 2.05) is 6.92 Å². The van der Waals surface area contributed by atoms with Gasteiger partial charge in [0.05, 0.1) is 30.5 Å². The molecular formula is C13H17N7O2. The summed E-state index contributed by atoms with van der Waals surface area (Å²) >= 11 is 0. The molecule has 0 bridgehead atoms. The molecule has 0 saturated heterocycles. The van der Waals surface area contributed by atoms with E-state index in [-0.39, 0.29) is 24.4 Å². The molecule has 0 spiro atoms. The van der Waals surface area contributed by atoms with Gasteiger partial charge in [-0.3, -0.25) is 14.3 Å². The Morgan fingerprint density at radius 2 is 2.36 bits per heavy atom. The Morgan fingerprint density at radius 1 is 1.55 bits per heavy atom. The zero-order chi connectivity index (χ0) is 15.7. The summed E-state index contributed by atoms with van der Waals surface area (Å²) in [4.78, 5) is 23.6. The van der Waals surface area contributed by atoms with Crippen molar-refractivity contribution < 1.29 is 9.59 Å². The number of amides is 2. The molecule has 0 radical (unpaired) electrons. The van der Waals surface area contributed by atoms with Crippen LogP contribution in [0.3, 0.4) is 0 Å². The lowest BCUT2D eigenvalue weighted by molar-refractivity contribution is -0.125. The second-order valence-electron chi connectivity index (χ2n) is 5.09. The van der Waals surface area contributed by atoms with Crippen molar-refractivity contribution in [2.24, 2.45) is 0 Å². The highest BCUT2D eigenvalue weighted by Gasteiger charge is 2.27. The molecule has 2 aromatic heterocycles. The van der Waals surface area contributed by atoms with Gasteiger partial charge in [0.1, 0.15) is 11.7 Å². The number of nitrogens with one attached hydrogen (secondary N) is 2. The summed E-state index contributed by atoms with van der Waals surface area (Å²) in [5.41, 5.74) is 1.98. The van der Waals surface area contributed by atoms with E-state index < -0.39 is 0 Å². The molecule has 1 unspecified atom stereocenters. The summed E-state index contributed by atoms with van der Waals surface area (Å²) in [6, 6.07) is -0.386. The summed E-state index contributed by atoms with van der Waals surface area (Å²) in [5, 5.41) is 17.7. The largest absolute Gasteiger partial charge is 0.349 e. The summed E-state index contributed by atoms with van der Waals surface area (Å²) in [5.74, 6) is -0.297. The minimum absolute atomic E-state index is 0.0834. The zero-order valence-corrected chi connectivity index (χ0v) is 12.4. The standard InChI is InChI=1S/C13H17N7O2/c1-3-19-7-9(4-16-19)13(22)14-5-10-11-6-15-12(21)8(2)20(11)18-17-10/h4,7-8H,3,5-6H2,1-2H3,(H,14,22)(H,15,21). The first kappa shape index (κ1) is 14.2. The van der Waals surface area contributed by atoms with Crippen molar-refractivity contribution in [1.82, 2.24) is 35.4 Å². The molecule has 3 heterocycles. The van der Waals surface area contributed by atoms with Crippen LogP contribution in [0.4, 0.5) is 0 Å². The fourth-order valence-corrected chi connectivity index (χ4v) is 2.33. The van der Waals surface area contributed by atoms with Crippen LogP contribution >= 0.6 is 0 Å². The Hall–Kier alpha value is -2.71. The molecule has 9 heteroatoms. The lowest BCUT2D eigenvalue weighted by Gasteiger charge is -2.20. The van der Waals surface area contributed by atoms with Gasteiger partial charge in [0.25, 0.3) is 5.91 Å². The molecule has 0 fully saturated rings. The van der Waals surface area contributed by atoms with Crippen molar-refractivity contribution in [3.63, 3.8) is 0 Å². The molecule has 1 atom stereocenters. The summed E-state index contributed by atoms with van der Waals surface area (Å²) in [6.45, 7) is 5.05. The quantitative estimate of drug-likeness (QED) is 0.800. The van der Waals surface area contributed by atoms with Gasteiger partial charge >= 0.3 is 0 Å². The Kier molecular flexibility index (Phi) is 3.61. The summed E-state index contributed by atoms with van der Waals surface area (Å²) in [6.07, 6.45) is 3.22. The van der Waals surface area contributed by atoms with Crippen LogP contribution in [-0.2, 0) is 24.4 Å². The Balaban J connectivity index is 1.68. The lowest BCUT2D eigenvalue weighted by Crippen LogP contribution is -2.38. The van der Waals surface area contributed by atoms with Crippen LogP contribution in [-0.4, -0.2) is 36.6 Å². The fourth-order valence-electron chi connectivity index (χ4n) is 2.33. The Morgan fingerprint density at radius 3 is 3.09 bits per heavy atom. The number of aryl methyl sites for hydroxylation is 1. The highest BCUT2D eigenvalue weighted by atomic mass is 16.2. The minimum Gasteiger partial charge on any atom is -0.349 e. The second-order valence-corrected chi connectivity index (χ2v) is 5.09. The third-order valence-electron chi connectivity index (χ3n) is 3.68. The molecule has 22 heavy (non-hydrogen) atoms. The molecule has 3 rings (SSSR count). The number of hydrogen-bond acceptors (Lipinski definition) is 5. The van der Waals surface area contributed by atoms with Gasteiger partial charge < -0.3 is 10.6 Å². The van der Waals surface area contributed by atoms with Gasteiger partial charge in [0.2, 0.25) is 5.91 Å². The van der Waals surface area contributed by atoms with Gasteiger partial charge in [0.15, 0.2) is 0 Å². The van der Waals surface area contributed by atoms with Gasteiger partial charge in [0, 0.05) is 12.7 Å². The average Bonchev–Trinajstić information content (AvgIpc) is 3.15. The maximum absolute atomic E-state index is 12.1. The monoisotopic (exact) mass is 303 g/mol. The first-order valence-corrected chi connectivity index (χ1v) is 7.11. The van der Waals surface area contributed by atoms with Gasteiger partial charge in [-0.15, -0.1) is 5.10 Å². The van der Waals surface area contributed by atoms with Crippen LogP contribution in [0.5, 0.6) is 0 Å². The van der Waals surface area contributed by atoms with E-state index in [4.69, 9.17) is 0 Å². The summed E-state index contributed by atoms with van der Waals surface area (Å²) < 4.78 is 3.28. The number of nitrogens with zero attached hydrogens (tertiary/aromatic N) is 5. The molecular weight excluding hydrogens is 286 g/mol. The molecule has 0 aliphatic carbocycles.